The number of fused-ring (bicyclic) bond motifs is 1. The highest BCUT2D eigenvalue weighted by Crippen LogP contribution is 2.42. The van der Waals surface area contributed by atoms with Gasteiger partial charge in [0.2, 0.25) is 0 Å². The number of halogens is 1. The van der Waals surface area contributed by atoms with E-state index in [-0.39, 0.29) is 12.2 Å². The second-order valence-electron chi connectivity index (χ2n) is 6.37. The van der Waals surface area contributed by atoms with Crippen molar-refractivity contribution >= 4 is 29.0 Å². The zero-order valence-corrected chi connectivity index (χ0v) is 15.2. The van der Waals surface area contributed by atoms with Crippen molar-refractivity contribution in [3.05, 3.63) is 59.1 Å². The lowest BCUT2D eigenvalue weighted by Crippen LogP contribution is -2.42. The molecule has 1 unspecified atom stereocenters. The Bertz CT molecular complexity index is 821. The van der Waals surface area contributed by atoms with Crippen LogP contribution in [0.5, 0.6) is 5.75 Å². The van der Waals surface area contributed by atoms with Gasteiger partial charge in [0, 0.05) is 23.6 Å². The minimum absolute atomic E-state index is 0.222. The summed E-state index contributed by atoms with van der Waals surface area (Å²) in [4.78, 5) is 25.9. The number of hydrogen-bond acceptors (Lipinski definition) is 4. The highest BCUT2D eigenvalue weighted by molar-refractivity contribution is 6.30. The van der Waals surface area contributed by atoms with Crippen LogP contribution in [0.15, 0.2) is 48.5 Å². The van der Waals surface area contributed by atoms with E-state index in [2.05, 4.69) is 0 Å². The maximum Gasteiger partial charge on any atom is 0.264 e. The molecule has 0 bridgehead atoms. The lowest BCUT2D eigenvalue weighted by Gasteiger charge is -2.22. The number of carbonyl (C=O) groups excluding carboxylic acids is 2. The fourth-order valence-corrected chi connectivity index (χ4v) is 3.33. The van der Waals surface area contributed by atoms with Crippen LogP contribution in [-0.2, 0) is 15.2 Å². The molecule has 1 N–H and O–H groups in total. The molecular weight excluding hydrogens is 354 g/mol. The van der Waals surface area contributed by atoms with Gasteiger partial charge in [0.05, 0.1) is 12.3 Å². The Morgan fingerprint density at radius 3 is 2.58 bits per heavy atom. The van der Waals surface area contributed by atoms with Gasteiger partial charge in [0.1, 0.15) is 11.5 Å². The molecule has 5 nitrogen and oxygen atoms in total. The van der Waals surface area contributed by atoms with Gasteiger partial charge in [-0.25, -0.2) is 0 Å². The summed E-state index contributed by atoms with van der Waals surface area (Å²) in [5.74, 6) is 0.0135. The fourth-order valence-electron chi connectivity index (χ4n) is 3.20. The Kier molecular flexibility index (Phi) is 5.30. The Morgan fingerprint density at radius 1 is 1.19 bits per heavy atom. The van der Waals surface area contributed by atoms with Crippen LogP contribution in [0.2, 0.25) is 5.02 Å². The summed E-state index contributed by atoms with van der Waals surface area (Å²) in [5, 5.41) is 11.5. The third-order valence-electron chi connectivity index (χ3n) is 4.35. The quantitative estimate of drug-likeness (QED) is 0.756. The van der Waals surface area contributed by atoms with Crippen LogP contribution in [0.3, 0.4) is 0 Å². The van der Waals surface area contributed by atoms with Crippen LogP contribution in [0.4, 0.5) is 5.69 Å². The minimum atomic E-state index is -1.78. The number of Topliss-reactive ketones (excluding diaryl/α,β-unsaturated/α-hetero) is 1. The van der Waals surface area contributed by atoms with Gasteiger partial charge in [-0.05, 0) is 43.7 Å². The number of anilines is 1. The van der Waals surface area contributed by atoms with Gasteiger partial charge in [-0.15, -0.1) is 0 Å². The number of aliphatic hydroxyl groups is 1. The van der Waals surface area contributed by atoms with Crippen LogP contribution in [0.1, 0.15) is 25.3 Å². The maximum atomic E-state index is 12.8. The molecule has 1 amide bonds. The molecule has 3 rings (SSSR count). The van der Waals surface area contributed by atoms with Crippen LogP contribution in [0.25, 0.3) is 0 Å². The minimum Gasteiger partial charge on any atom is -0.494 e. The first-order valence-electron chi connectivity index (χ1n) is 8.43. The van der Waals surface area contributed by atoms with Gasteiger partial charge < -0.3 is 14.7 Å². The SMILES string of the molecule is CC(=O)CC1(O)C(=O)N(CCCOc2ccc(Cl)cc2)c2ccccc21. The normalized spacial score (nSPS) is 18.7. The van der Waals surface area contributed by atoms with E-state index in [1.165, 1.54) is 11.8 Å². The number of hydrogen-bond donors (Lipinski definition) is 1. The molecule has 0 fully saturated rings. The summed E-state index contributed by atoms with van der Waals surface area (Å²) < 4.78 is 5.65. The first kappa shape index (κ1) is 18.4. The predicted molar refractivity (Wildman–Crippen MR) is 99.6 cm³/mol. The molecule has 1 aliphatic rings. The largest absolute Gasteiger partial charge is 0.494 e. The van der Waals surface area contributed by atoms with Crippen molar-refractivity contribution < 1.29 is 19.4 Å². The zero-order valence-electron chi connectivity index (χ0n) is 14.4. The molecule has 1 heterocycles. The van der Waals surface area contributed by atoms with Gasteiger partial charge >= 0.3 is 0 Å². The molecule has 0 radical (unpaired) electrons. The van der Waals surface area contributed by atoms with E-state index in [1.807, 2.05) is 6.07 Å². The van der Waals surface area contributed by atoms with E-state index in [0.29, 0.717) is 41.6 Å². The van der Waals surface area contributed by atoms with Crippen molar-refractivity contribution in [2.75, 3.05) is 18.1 Å². The standard InChI is InChI=1S/C20H20ClNO4/c1-14(23)13-20(25)17-5-2-3-6-18(17)22(19(20)24)11-4-12-26-16-9-7-15(21)8-10-16/h2-3,5-10,25H,4,11-13H2,1H3. The van der Waals surface area contributed by atoms with Crippen LogP contribution in [-0.4, -0.2) is 29.9 Å². The average molecular weight is 374 g/mol. The average Bonchev–Trinajstić information content (AvgIpc) is 2.81. The second-order valence-corrected chi connectivity index (χ2v) is 6.81. The topological polar surface area (TPSA) is 66.8 Å². The van der Waals surface area contributed by atoms with E-state index in [1.54, 1.807) is 42.5 Å². The second kappa shape index (κ2) is 7.48. The Balaban J connectivity index is 1.67. The van der Waals surface area contributed by atoms with Crippen LogP contribution in [0, 0.1) is 0 Å². The van der Waals surface area contributed by atoms with Gasteiger partial charge in [-0.2, -0.15) is 0 Å². The van der Waals surface area contributed by atoms with E-state index < -0.39 is 11.5 Å². The summed E-state index contributed by atoms with van der Waals surface area (Å²) in [7, 11) is 0. The van der Waals surface area contributed by atoms with Crippen molar-refractivity contribution in [2.45, 2.75) is 25.4 Å². The van der Waals surface area contributed by atoms with Gasteiger partial charge in [-0.1, -0.05) is 29.8 Å². The number of nitrogens with zero attached hydrogens (tertiary/aromatic N) is 1. The monoisotopic (exact) mass is 373 g/mol. The van der Waals surface area contributed by atoms with Crippen LogP contribution >= 0.6 is 11.6 Å². The van der Waals surface area contributed by atoms with Gasteiger partial charge in [0.15, 0.2) is 5.60 Å². The number of rotatable bonds is 7. The Labute approximate surface area is 157 Å². The summed E-state index contributed by atoms with van der Waals surface area (Å²) in [5.41, 5.74) is -0.647. The molecule has 0 spiro atoms. The molecule has 2 aromatic rings. The number of benzene rings is 2. The van der Waals surface area contributed by atoms with E-state index in [4.69, 9.17) is 16.3 Å². The first-order valence-corrected chi connectivity index (χ1v) is 8.81. The third kappa shape index (κ3) is 3.59. The Morgan fingerprint density at radius 2 is 1.88 bits per heavy atom. The van der Waals surface area contributed by atoms with Crippen molar-refractivity contribution in [3.8, 4) is 5.75 Å². The van der Waals surface area contributed by atoms with Crippen molar-refractivity contribution in [1.82, 2.24) is 0 Å². The highest BCUT2D eigenvalue weighted by atomic mass is 35.5. The lowest BCUT2D eigenvalue weighted by molar-refractivity contribution is -0.141. The summed E-state index contributed by atoms with van der Waals surface area (Å²) in [6.07, 6.45) is 0.361. The molecule has 0 saturated heterocycles. The van der Waals surface area contributed by atoms with Gasteiger partial charge in [-0.3, -0.25) is 9.59 Å². The summed E-state index contributed by atoms with van der Waals surface area (Å²) in [6, 6.07) is 14.1. The van der Waals surface area contributed by atoms with Crippen molar-refractivity contribution in [3.63, 3.8) is 0 Å². The van der Waals surface area contributed by atoms with Crippen molar-refractivity contribution in [2.24, 2.45) is 0 Å². The molecule has 0 saturated carbocycles. The molecule has 26 heavy (non-hydrogen) atoms. The smallest absolute Gasteiger partial charge is 0.264 e. The molecule has 6 heteroatoms. The number of amides is 1. The summed E-state index contributed by atoms with van der Waals surface area (Å²) >= 11 is 5.84. The highest BCUT2D eigenvalue weighted by Gasteiger charge is 2.49. The van der Waals surface area contributed by atoms with Gasteiger partial charge in [0.25, 0.3) is 5.91 Å². The third-order valence-corrected chi connectivity index (χ3v) is 4.60. The van der Waals surface area contributed by atoms with E-state index in [9.17, 15) is 14.7 Å². The molecule has 0 aromatic heterocycles. The molecular formula is C20H20ClNO4. The fraction of sp³-hybridized carbons (Fsp3) is 0.300. The summed E-state index contributed by atoms with van der Waals surface area (Å²) in [6.45, 7) is 2.18. The van der Waals surface area contributed by atoms with E-state index in [0.717, 1.165) is 0 Å². The number of para-hydroxylation sites is 1. The molecule has 136 valence electrons. The number of carbonyl (C=O) groups is 2. The van der Waals surface area contributed by atoms with E-state index >= 15 is 0 Å². The number of ketones is 1. The van der Waals surface area contributed by atoms with Crippen molar-refractivity contribution in [1.29, 1.82) is 0 Å². The molecule has 1 atom stereocenters. The van der Waals surface area contributed by atoms with Crippen LogP contribution < -0.4 is 9.64 Å². The zero-order chi connectivity index (χ0) is 18.7. The first-order chi connectivity index (χ1) is 12.4. The Hall–Kier alpha value is -2.37. The molecule has 1 aliphatic heterocycles. The predicted octanol–water partition coefficient (Wildman–Crippen LogP) is 3.32. The molecule has 2 aromatic carbocycles. The lowest BCUT2D eigenvalue weighted by atomic mass is 9.90. The molecule has 0 aliphatic carbocycles. The number of ether oxygens (including phenoxy) is 1. The maximum absolute atomic E-state index is 12.8.